The fourth-order valence-electron chi connectivity index (χ4n) is 3.46. The number of carbonyl (C=O) groups excluding carboxylic acids is 1. The summed E-state index contributed by atoms with van der Waals surface area (Å²) in [7, 11) is 0. The molecule has 0 aromatic rings. The van der Waals surface area contributed by atoms with Gasteiger partial charge in [-0.2, -0.15) is 0 Å². The minimum atomic E-state index is -0.425. The highest BCUT2D eigenvalue weighted by Gasteiger charge is 2.61. The number of ether oxygens (including phenoxy) is 1. The zero-order valence-corrected chi connectivity index (χ0v) is 8.27. The number of hydrogen-bond donors (Lipinski definition) is 0. The van der Waals surface area contributed by atoms with E-state index in [1.165, 1.54) is 0 Å². The second-order valence-corrected chi connectivity index (χ2v) is 4.81. The maximum absolute atomic E-state index is 11.7. The van der Waals surface area contributed by atoms with Crippen molar-refractivity contribution in [2.45, 2.75) is 18.9 Å². The van der Waals surface area contributed by atoms with Crippen molar-refractivity contribution in [1.29, 1.82) is 0 Å². The second kappa shape index (κ2) is 2.30. The predicted molar refractivity (Wildman–Crippen MR) is 52.4 cm³/mol. The molecule has 5 atom stereocenters. The summed E-state index contributed by atoms with van der Waals surface area (Å²) in [6, 6.07) is 0. The van der Waals surface area contributed by atoms with Crippen molar-refractivity contribution in [1.82, 2.24) is 0 Å². The Balaban J connectivity index is 2.07. The lowest BCUT2D eigenvalue weighted by atomic mass is 9.75. The normalized spacial score (nSPS) is 53.4. The first-order valence-electron chi connectivity index (χ1n) is 5.20. The molecule has 74 valence electrons. The lowest BCUT2D eigenvalue weighted by Gasteiger charge is -2.29. The molecule has 1 saturated carbocycles. The third-order valence-corrected chi connectivity index (χ3v) is 4.12. The van der Waals surface area contributed by atoms with Crippen molar-refractivity contribution in [3.63, 3.8) is 0 Å². The molecule has 2 fully saturated rings. The summed E-state index contributed by atoms with van der Waals surface area (Å²) in [5.41, 5.74) is -0.425. The summed E-state index contributed by atoms with van der Waals surface area (Å²) < 4.78 is 5.45. The first-order chi connectivity index (χ1) is 6.65. The summed E-state index contributed by atoms with van der Waals surface area (Å²) in [6.45, 7) is 5.77. The van der Waals surface area contributed by atoms with E-state index in [9.17, 15) is 4.79 Å². The maximum Gasteiger partial charge on any atom is 0.310 e. The quantitative estimate of drug-likeness (QED) is 0.466. The molecule has 0 unspecified atom stereocenters. The Kier molecular flexibility index (Phi) is 1.36. The SMILES string of the molecule is C=C[C@]1(C)OC(=O)[C@@H]2[C@H]1[C@@H]1C=C[C@H]2C1. The third kappa shape index (κ3) is 0.753. The van der Waals surface area contributed by atoms with Crippen LogP contribution in [0.25, 0.3) is 0 Å². The fourth-order valence-corrected chi connectivity index (χ4v) is 3.46. The maximum atomic E-state index is 11.7. The lowest BCUT2D eigenvalue weighted by Crippen LogP contribution is -2.33. The Hall–Kier alpha value is -1.05. The molecule has 2 bridgehead atoms. The molecule has 0 aromatic heterocycles. The highest BCUT2D eigenvalue weighted by Crippen LogP contribution is 2.57. The molecule has 3 aliphatic rings. The van der Waals surface area contributed by atoms with Gasteiger partial charge in [-0.05, 0) is 31.3 Å². The number of allylic oxidation sites excluding steroid dienone is 2. The van der Waals surface area contributed by atoms with Crippen LogP contribution < -0.4 is 0 Å². The van der Waals surface area contributed by atoms with Gasteiger partial charge in [0.25, 0.3) is 0 Å². The first-order valence-corrected chi connectivity index (χ1v) is 5.20. The van der Waals surface area contributed by atoms with Gasteiger partial charge in [0.1, 0.15) is 5.60 Å². The van der Waals surface area contributed by atoms with Gasteiger partial charge in [0.2, 0.25) is 0 Å². The van der Waals surface area contributed by atoms with Gasteiger partial charge < -0.3 is 4.74 Å². The zero-order valence-electron chi connectivity index (χ0n) is 8.27. The van der Waals surface area contributed by atoms with E-state index in [1.54, 1.807) is 6.08 Å². The summed E-state index contributed by atoms with van der Waals surface area (Å²) in [4.78, 5) is 11.7. The molecule has 0 radical (unpaired) electrons. The van der Waals surface area contributed by atoms with E-state index >= 15 is 0 Å². The van der Waals surface area contributed by atoms with Gasteiger partial charge in [0.05, 0.1) is 5.92 Å². The number of cyclic esters (lactones) is 1. The molecule has 1 saturated heterocycles. The number of carbonyl (C=O) groups is 1. The van der Waals surface area contributed by atoms with E-state index < -0.39 is 5.60 Å². The molecule has 3 rings (SSSR count). The van der Waals surface area contributed by atoms with Gasteiger partial charge in [-0.25, -0.2) is 0 Å². The van der Waals surface area contributed by atoms with E-state index in [-0.39, 0.29) is 11.9 Å². The zero-order chi connectivity index (χ0) is 9.92. The fraction of sp³-hybridized carbons (Fsp3) is 0.583. The lowest BCUT2D eigenvalue weighted by molar-refractivity contribution is -0.148. The van der Waals surface area contributed by atoms with Crippen LogP contribution in [0.4, 0.5) is 0 Å². The molecule has 2 aliphatic carbocycles. The molecule has 1 heterocycles. The van der Waals surface area contributed by atoms with Crippen molar-refractivity contribution in [2.75, 3.05) is 0 Å². The summed E-state index contributed by atoms with van der Waals surface area (Å²) >= 11 is 0. The molecular weight excluding hydrogens is 176 g/mol. The number of rotatable bonds is 1. The van der Waals surface area contributed by atoms with E-state index in [2.05, 4.69) is 18.7 Å². The summed E-state index contributed by atoms with van der Waals surface area (Å²) in [5.74, 6) is 1.38. The average Bonchev–Trinajstić information content (AvgIpc) is 2.80. The molecule has 0 N–H and O–H groups in total. The van der Waals surface area contributed by atoms with Crippen molar-refractivity contribution in [3.8, 4) is 0 Å². The van der Waals surface area contributed by atoms with Crippen molar-refractivity contribution >= 4 is 5.97 Å². The Bertz CT molecular complexity index is 344. The van der Waals surface area contributed by atoms with Gasteiger partial charge in [0, 0.05) is 5.92 Å². The Morgan fingerprint density at radius 3 is 3.00 bits per heavy atom. The van der Waals surface area contributed by atoms with Crippen LogP contribution in [-0.4, -0.2) is 11.6 Å². The van der Waals surface area contributed by atoms with Crippen molar-refractivity contribution in [2.24, 2.45) is 23.7 Å². The van der Waals surface area contributed by atoms with Crippen molar-refractivity contribution < 1.29 is 9.53 Å². The van der Waals surface area contributed by atoms with E-state index in [4.69, 9.17) is 4.74 Å². The minimum Gasteiger partial charge on any atom is -0.455 e. The van der Waals surface area contributed by atoms with Crippen molar-refractivity contribution in [3.05, 3.63) is 24.8 Å². The average molecular weight is 190 g/mol. The van der Waals surface area contributed by atoms with Crippen LogP contribution in [0.5, 0.6) is 0 Å². The van der Waals surface area contributed by atoms with Gasteiger partial charge in [-0.3, -0.25) is 4.79 Å². The number of fused-ring (bicyclic) bond motifs is 5. The van der Waals surface area contributed by atoms with E-state index in [0.717, 1.165) is 6.42 Å². The van der Waals surface area contributed by atoms with E-state index in [1.807, 2.05) is 6.92 Å². The number of hydrogen-bond acceptors (Lipinski definition) is 2. The van der Waals surface area contributed by atoms with Crippen LogP contribution in [0.3, 0.4) is 0 Å². The highest BCUT2D eigenvalue weighted by atomic mass is 16.6. The highest BCUT2D eigenvalue weighted by molar-refractivity contribution is 5.78. The monoisotopic (exact) mass is 190 g/mol. The smallest absolute Gasteiger partial charge is 0.310 e. The molecule has 0 spiro atoms. The molecule has 0 aromatic carbocycles. The summed E-state index contributed by atoms with van der Waals surface area (Å²) in [5, 5.41) is 0. The summed E-state index contributed by atoms with van der Waals surface area (Å²) in [6.07, 6.45) is 7.36. The van der Waals surface area contributed by atoms with Crippen LogP contribution >= 0.6 is 0 Å². The molecule has 0 amide bonds. The minimum absolute atomic E-state index is 0.0192. The third-order valence-electron chi connectivity index (χ3n) is 4.12. The Morgan fingerprint density at radius 1 is 1.57 bits per heavy atom. The van der Waals surface area contributed by atoms with Crippen LogP contribution in [-0.2, 0) is 9.53 Å². The van der Waals surface area contributed by atoms with E-state index in [0.29, 0.717) is 17.8 Å². The van der Waals surface area contributed by atoms with Gasteiger partial charge in [0.15, 0.2) is 0 Å². The Labute approximate surface area is 83.6 Å². The van der Waals surface area contributed by atoms with Gasteiger partial charge in [-0.1, -0.05) is 18.7 Å². The van der Waals surface area contributed by atoms with Crippen LogP contribution in [0, 0.1) is 23.7 Å². The first kappa shape index (κ1) is 8.27. The van der Waals surface area contributed by atoms with Gasteiger partial charge in [-0.15, -0.1) is 0 Å². The molecule has 2 heteroatoms. The molecule has 14 heavy (non-hydrogen) atoms. The predicted octanol–water partition coefficient (Wildman–Crippen LogP) is 1.93. The molecule has 2 nitrogen and oxygen atoms in total. The standard InChI is InChI=1S/C12H14O2/c1-3-12(2)10-8-5-4-7(6-8)9(10)11(13)14-12/h3-5,7-10H,1,6H2,2H3/t7-,8+,9-,10+,12-/m0/s1. The Morgan fingerprint density at radius 2 is 2.29 bits per heavy atom. The van der Waals surface area contributed by atoms with Gasteiger partial charge >= 0.3 is 5.97 Å². The molecular formula is C12H14O2. The molecule has 1 aliphatic heterocycles. The number of esters is 1. The largest absolute Gasteiger partial charge is 0.455 e. The van der Waals surface area contributed by atoms with Crippen LogP contribution in [0.15, 0.2) is 24.8 Å². The topological polar surface area (TPSA) is 26.3 Å². The second-order valence-electron chi connectivity index (χ2n) is 4.81. The van der Waals surface area contributed by atoms with Crippen LogP contribution in [0.1, 0.15) is 13.3 Å². The van der Waals surface area contributed by atoms with Crippen LogP contribution in [0.2, 0.25) is 0 Å².